The first-order valence-corrected chi connectivity index (χ1v) is 8.07. The van der Waals surface area contributed by atoms with Crippen LogP contribution in [0.5, 0.6) is 0 Å². The highest BCUT2D eigenvalue weighted by molar-refractivity contribution is 7.17. The van der Waals surface area contributed by atoms with Gasteiger partial charge in [0.25, 0.3) is 0 Å². The topological polar surface area (TPSA) is 38.0 Å². The zero-order valence-corrected chi connectivity index (χ0v) is 12.7. The number of benzene rings is 1. The van der Waals surface area contributed by atoms with Crippen molar-refractivity contribution >= 4 is 21.4 Å². The van der Waals surface area contributed by atoms with E-state index in [0.29, 0.717) is 6.54 Å². The van der Waals surface area contributed by atoms with Crippen LogP contribution in [0.3, 0.4) is 0 Å². The van der Waals surface area contributed by atoms with Crippen molar-refractivity contribution in [1.82, 2.24) is 5.32 Å². The molecule has 0 bridgehead atoms. The molecule has 104 valence electrons. The molecular weight excluding hydrogens is 252 g/mol. The lowest BCUT2D eigenvalue weighted by atomic mass is 10.0. The summed E-state index contributed by atoms with van der Waals surface area (Å²) in [5, 5.41) is 7.25. The van der Waals surface area contributed by atoms with E-state index in [9.17, 15) is 0 Å². The van der Waals surface area contributed by atoms with Gasteiger partial charge in [0.2, 0.25) is 0 Å². The number of fused-ring (bicyclic) bond motifs is 1. The van der Waals surface area contributed by atoms with Gasteiger partial charge in [-0.1, -0.05) is 44.9 Å². The summed E-state index contributed by atoms with van der Waals surface area (Å²) in [4.78, 5) is 0. The molecule has 0 fully saturated rings. The van der Waals surface area contributed by atoms with Crippen molar-refractivity contribution in [3.63, 3.8) is 0 Å². The van der Waals surface area contributed by atoms with Crippen molar-refractivity contribution in [3.8, 4) is 0 Å². The molecule has 0 aliphatic rings. The van der Waals surface area contributed by atoms with Gasteiger partial charge in [-0.2, -0.15) is 0 Å². The standard InChI is InChI=1S/C16H24N2S/c1-3-12(4-2)10-18-15(9-17)14-11-19-16-8-6-5-7-13(14)16/h5-8,11-12,15,18H,3-4,9-10,17H2,1-2H3. The van der Waals surface area contributed by atoms with Gasteiger partial charge >= 0.3 is 0 Å². The van der Waals surface area contributed by atoms with E-state index in [4.69, 9.17) is 5.73 Å². The van der Waals surface area contributed by atoms with E-state index in [0.717, 1.165) is 12.5 Å². The van der Waals surface area contributed by atoms with E-state index in [2.05, 4.69) is 48.8 Å². The largest absolute Gasteiger partial charge is 0.329 e. The van der Waals surface area contributed by atoms with Crippen molar-refractivity contribution in [1.29, 1.82) is 0 Å². The molecule has 0 aliphatic carbocycles. The molecular formula is C16H24N2S. The summed E-state index contributed by atoms with van der Waals surface area (Å²) in [5.74, 6) is 0.749. The molecule has 0 aliphatic heterocycles. The monoisotopic (exact) mass is 276 g/mol. The average molecular weight is 276 g/mol. The van der Waals surface area contributed by atoms with Crippen LogP contribution in [0.4, 0.5) is 0 Å². The van der Waals surface area contributed by atoms with E-state index in [1.165, 1.54) is 28.5 Å². The van der Waals surface area contributed by atoms with Gasteiger partial charge in [0.15, 0.2) is 0 Å². The van der Waals surface area contributed by atoms with Crippen molar-refractivity contribution in [2.45, 2.75) is 32.7 Å². The smallest absolute Gasteiger partial charge is 0.0459 e. The van der Waals surface area contributed by atoms with Gasteiger partial charge < -0.3 is 11.1 Å². The van der Waals surface area contributed by atoms with Crippen LogP contribution in [0.25, 0.3) is 10.1 Å². The van der Waals surface area contributed by atoms with Crippen LogP contribution in [0.1, 0.15) is 38.3 Å². The minimum absolute atomic E-state index is 0.275. The number of nitrogens with one attached hydrogen (secondary N) is 1. The molecule has 2 aromatic rings. The van der Waals surface area contributed by atoms with Crippen molar-refractivity contribution < 1.29 is 0 Å². The summed E-state index contributed by atoms with van der Waals surface area (Å²) >= 11 is 1.81. The summed E-state index contributed by atoms with van der Waals surface area (Å²) < 4.78 is 1.35. The molecule has 2 rings (SSSR count). The molecule has 0 saturated heterocycles. The summed E-state index contributed by atoms with van der Waals surface area (Å²) in [6, 6.07) is 8.85. The van der Waals surface area contributed by atoms with Gasteiger partial charge in [0, 0.05) is 17.3 Å². The fourth-order valence-corrected chi connectivity index (χ4v) is 3.49. The van der Waals surface area contributed by atoms with Crippen LogP contribution in [0, 0.1) is 5.92 Å². The van der Waals surface area contributed by atoms with E-state index in [-0.39, 0.29) is 6.04 Å². The number of rotatable bonds is 7. The third-order valence-corrected chi connectivity index (χ3v) is 4.91. The minimum atomic E-state index is 0.275. The number of nitrogens with two attached hydrogens (primary N) is 1. The Morgan fingerprint density at radius 2 is 1.95 bits per heavy atom. The first-order chi connectivity index (χ1) is 9.30. The van der Waals surface area contributed by atoms with Crippen molar-refractivity contribution in [3.05, 3.63) is 35.2 Å². The fourth-order valence-electron chi connectivity index (χ4n) is 2.47. The second-order valence-electron chi connectivity index (χ2n) is 5.07. The second-order valence-corrected chi connectivity index (χ2v) is 5.98. The molecule has 2 nitrogen and oxygen atoms in total. The SMILES string of the molecule is CCC(CC)CNC(CN)c1csc2ccccc12. The fraction of sp³-hybridized carbons (Fsp3) is 0.500. The van der Waals surface area contributed by atoms with Crippen molar-refractivity contribution in [2.75, 3.05) is 13.1 Å². The number of thiophene rings is 1. The molecule has 0 saturated carbocycles. The third-order valence-electron chi connectivity index (χ3n) is 3.93. The Morgan fingerprint density at radius 1 is 1.21 bits per heavy atom. The van der Waals surface area contributed by atoms with Crippen LogP contribution in [0.15, 0.2) is 29.6 Å². The Hall–Kier alpha value is -0.900. The summed E-state index contributed by atoms with van der Waals surface area (Å²) in [7, 11) is 0. The zero-order valence-electron chi connectivity index (χ0n) is 11.9. The lowest BCUT2D eigenvalue weighted by Gasteiger charge is -2.20. The maximum Gasteiger partial charge on any atom is 0.0459 e. The van der Waals surface area contributed by atoms with Crippen LogP contribution >= 0.6 is 11.3 Å². The predicted molar refractivity (Wildman–Crippen MR) is 85.7 cm³/mol. The molecule has 19 heavy (non-hydrogen) atoms. The minimum Gasteiger partial charge on any atom is -0.329 e. The highest BCUT2D eigenvalue weighted by Gasteiger charge is 2.15. The van der Waals surface area contributed by atoms with Crippen LogP contribution in [-0.4, -0.2) is 13.1 Å². The lowest BCUT2D eigenvalue weighted by molar-refractivity contribution is 0.415. The second kappa shape index (κ2) is 7.04. The van der Waals surface area contributed by atoms with Gasteiger partial charge in [0.1, 0.15) is 0 Å². The highest BCUT2D eigenvalue weighted by Crippen LogP contribution is 2.30. The summed E-state index contributed by atoms with van der Waals surface area (Å²) in [6.07, 6.45) is 2.45. The molecule has 0 spiro atoms. The summed E-state index contributed by atoms with van der Waals surface area (Å²) in [5.41, 5.74) is 7.32. The highest BCUT2D eigenvalue weighted by atomic mass is 32.1. The van der Waals surface area contributed by atoms with Gasteiger partial charge in [0.05, 0.1) is 0 Å². The van der Waals surface area contributed by atoms with Crippen molar-refractivity contribution in [2.24, 2.45) is 11.7 Å². The summed E-state index contributed by atoms with van der Waals surface area (Å²) in [6.45, 7) is 6.22. The first-order valence-electron chi connectivity index (χ1n) is 7.19. The van der Waals surface area contributed by atoms with Gasteiger partial charge in [-0.15, -0.1) is 11.3 Å². The van der Waals surface area contributed by atoms with Gasteiger partial charge in [-0.3, -0.25) is 0 Å². The Balaban J connectivity index is 2.13. The Bertz CT molecular complexity index is 502. The Labute approximate surface area is 120 Å². The quantitative estimate of drug-likeness (QED) is 0.804. The maximum absolute atomic E-state index is 5.97. The molecule has 1 aromatic heterocycles. The molecule has 0 radical (unpaired) electrons. The first kappa shape index (κ1) is 14.5. The molecule has 1 unspecified atom stereocenters. The van der Waals surface area contributed by atoms with Crippen LogP contribution in [0.2, 0.25) is 0 Å². The van der Waals surface area contributed by atoms with E-state index < -0.39 is 0 Å². The normalized spacial score (nSPS) is 13.3. The van der Waals surface area contributed by atoms with E-state index >= 15 is 0 Å². The van der Waals surface area contributed by atoms with E-state index in [1.807, 2.05) is 11.3 Å². The molecule has 0 amide bonds. The molecule has 1 heterocycles. The third kappa shape index (κ3) is 3.35. The average Bonchev–Trinajstić information content (AvgIpc) is 2.88. The molecule has 1 atom stereocenters. The predicted octanol–water partition coefficient (Wildman–Crippen LogP) is 3.93. The molecule has 3 N–H and O–H groups in total. The Morgan fingerprint density at radius 3 is 2.63 bits per heavy atom. The van der Waals surface area contributed by atoms with Crippen LogP contribution < -0.4 is 11.1 Å². The number of hydrogen-bond donors (Lipinski definition) is 2. The Kier molecular flexibility index (Phi) is 5.37. The molecule has 1 aromatic carbocycles. The van der Waals surface area contributed by atoms with Gasteiger partial charge in [-0.05, 0) is 34.9 Å². The lowest BCUT2D eigenvalue weighted by Crippen LogP contribution is -2.31. The van der Waals surface area contributed by atoms with Gasteiger partial charge in [-0.25, -0.2) is 0 Å². The zero-order chi connectivity index (χ0) is 13.7. The number of hydrogen-bond acceptors (Lipinski definition) is 3. The van der Waals surface area contributed by atoms with E-state index in [1.54, 1.807) is 0 Å². The maximum atomic E-state index is 5.97. The molecule has 3 heteroatoms. The van der Waals surface area contributed by atoms with Crippen LogP contribution in [-0.2, 0) is 0 Å².